The smallest absolute Gasteiger partial charge is 0.271 e. The van der Waals surface area contributed by atoms with Crippen LogP contribution in [0, 0.1) is 12.7 Å². The number of hydrogen-bond acceptors (Lipinski definition) is 6. The molecule has 0 spiro atoms. The van der Waals surface area contributed by atoms with E-state index < -0.39 is 0 Å². The fraction of sp³-hybridized carbons (Fsp3) is 0.0645. The van der Waals surface area contributed by atoms with E-state index in [1.165, 1.54) is 35.2 Å². The number of benzene rings is 4. The zero-order valence-corrected chi connectivity index (χ0v) is 23.0. The van der Waals surface area contributed by atoms with Crippen LogP contribution in [0.5, 0.6) is 5.75 Å². The first-order valence-electron chi connectivity index (χ1n) is 12.3. The maximum atomic E-state index is 13.3. The van der Waals surface area contributed by atoms with Crippen molar-refractivity contribution in [1.29, 1.82) is 0 Å². The summed E-state index contributed by atoms with van der Waals surface area (Å²) in [5.41, 5.74) is 8.27. The quantitative estimate of drug-likeness (QED) is 0.139. The fourth-order valence-corrected chi connectivity index (χ4v) is 4.73. The van der Waals surface area contributed by atoms with Gasteiger partial charge in [0.15, 0.2) is 5.13 Å². The van der Waals surface area contributed by atoms with Gasteiger partial charge < -0.3 is 10.1 Å². The molecule has 1 amide bonds. The van der Waals surface area contributed by atoms with E-state index >= 15 is 0 Å². The Balaban J connectivity index is 1.14. The molecule has 0 fully saturated rings. The molecule has 0 saturated carbocycles. The highest BCUT2D eigenvalue weighted by atomic mass is 35.5. The average molecular weight is 571 g/mol. The predicted molar refractivity (Wildman–Crippen MR) is 159 cm³/mol. The van der Waals surface area contributed by atoms with Crippen molar-refractivity contribution in [2.24, 2.45) is 5.10 Å². The molecule has 0 aliphatic carbocycles. The Kier molecular flexibility index (Phi) is 8.49. The topological polar surface area (TPSA) is 75.6 Å². The number of amides is 1. The van der Waals surface area contributed by atoms with Crippen LogP contribution in [0.4, 0.5) is 15.2 Å². The first kappa shape index (κ1) is 27.1. The summed E-state index contributed by atoms with van der Waals surface area (Å²) in [5, 5.41) is 10.5. The number of aromatic nitrogens is 1. The maximum absolute atomic E-state index is 13.3. The van der Waals surface area contributed by atoms with Crippen LogP contribution in [0.15, 0.2) is 101 Å². The van der Waals surface area contributed by atoms with Crippen LogP contribution in [0.25, 0.3) is 11.3 Å². The molecule has 1 heterocycles. The van der Waals surface area contributed by atoms with Gasteiger partial charge in [-0.25, -0.2) is 14.8 Å². The molecule has 0 radical (unpaired) electrons. The van der Waals surface area contributed by atoms with E-state index in [1.54, 1.807) is 42.5 Å². The van der Waals surface area contributed by atoms with Crippen molar-refractivity contribution in [3.8, 4) is 17.0 Å². The van der Waals surface area contributed by atoms with Gasteiger partial charge in [-0.15, -0.1) is 11.3 Å². The second-order valence-electron chi connectivity index (χ2n) is 8.91. The van der Waals surface area contributed by atoms with Gasteiger partial charge in [-0.05, 0) is 72.6 Å². The molecule has 0 bridgehead atoms. The number of carbonyl (C=O) groups is 1. The Bertz CT molecular complexity index is 1650. The zero-order valence-electron chi connectivity index (χ0n) is 21.4. The van der Waals surface area contributed by atoms with Crippen molar-refractivity contribution in [1.82, 2.24) is 10.4 Å². The number of thiazole rings is 1. The second-order valence-corrected chi connectivity index (χ2v) is 10.2. The van der Waals surface area contributed by atoms with Gasteiger partial charge >= 0.3 is 0 Å². The van der Waals surface area contributed by atoms with Gasteiger partial charge in [-0.2, -0.15) is 5.10 Å². The Hall–Kier alpha value is -4.53. The van der Waals surface area contributed by atoms with Gasteiger partial charge in [0.1, 0.15) is 18.2 Å². The average Bonchev–Trinajstić information content (AvgIpc) is 3.42. The number of halogens is 2. The Labute approximate surface area is 240 Å². The van der Waals surface area contributed by atoms with E-state index in [0.717, 1.165) is 22.1 Å². The molecule has 1 aromatic heterocycles. The van der Waals surface area contributed by atoms with Gasteiger partial charge in [-0.3, -0.25) is 4.79 Å². The van der Waals surface area contributed by atoms with Crippen LogP contribution >= 0.6 is 22.9 Å². The monoisotopic (exact) mass is 570 g/mol. The second kappa shape index (κ2) is 12.5. The lowest BCUT2D eigenvalue weighted by Gasteiger charge is -2.08. The summed E-state index contributed by atoms with van der Waals surface area (Å²) in [6.07, 6.45) is 1.49. The number of hydrogen-bond donors (Lipinski definition) is 2. The molecule has 0 unspecified atom stereocenters. The molecule has 200 valence electrons. The molecule has 6 nitrogen and oxygen atoms in total. The van der Waals surface area contributed by atoms with Crippen molar-refractivity contribution in [2.75, 3.05) is 5.32 Å². The molecular weight excluding hydrogens is 547 g/mol. The fourth-order valence-electron chi connectivity index (χ4n) is 3.75. The third-order valence-electron chi connectivity index (χ3n) is 5.87. The maximum Gasteiger partial charge on any atom is 0.271 e. The van der Waals surface area contributed by atoms with Crippen LogP contribution in [-0.4, -0.2) is 17.1 Å². The minimum Gasteiger partial charge on any atom is -0.487 e. The lowest BCUT2D eigenvalue weighted by molar-refractivity contribution is 0.0955. The van der Waals surface area contributed by atoms with Gasteiger partial charge in [0, 0.05) is 22.2 Å². The third-order valence-corrected chi connectivity index (χ3v) is 6.92. The summed E-state index contributed by atoms with van der Waals surface area (Å²) in [6.45, 7) is 2.24. The van der Waals surface area contributed by atoms with Crippen LogP contribution in [0.1, 0.15) is 27.0 Å². The number of rotatable bonds is 9. The standard InChI is InChI=1S/C31H24ClFN4O2S/c1-20-5-12-26(13-6-20)35-31-36-28(19-40-31)23-8-10-24(11-9-23)30(38)37-34-17-21-7-14-29(27(32)16-21)39-18-22-3-2-4-25(33)15-22/h2-17,19H,18H2,1H3,(H,35,36)(H,37,38)/b34-17-. The normalized spacial score (nSPS) is 11.0. The highest BCUT2D eigenvalue weighted by molar-refractivity contribution is 7.14. The van der Waals surface area contributed by atoms with Crippen molar-refractivity contribution >= 4 is 45.9 Å². The van der Waals surface area contributed by atoms with E-state index in [1.807, 2.05) is 48.7 Å². The molecule has 5 aromatic rings. The number of nitrogens with one attached hydrogen (secondary N) is 2. The van der Waals surface area contributed by atoms with E-state index in [9.17, 15) is 9.18 Å². The first-order chi connectivity index (χ1) is 19.4. The molecule has 4 aromatic carbocycles. The zero-order chi connectivity index (χ0) is 27.9. The minimum atomic E-state index is -0.344. The van der Waals surface area contributed by atoms with Crippen LogP contribution < -0.4 is 15.5 Å². The van der Waals surface area contributed by atoms with Gasteiger partial charge in [0.25, 0.3) is 5.91 Å². The van der Waals surface area contributed by atoms with Crippen LogP contribution in [0.3, 0.4) is 0 Å². The van der Waals surface area contributed by atoms with Crippen molar-refractivity contribution in [2.45, 2.75) is 13.5 Å². The number of anilines is 2. The SMILES string of the molecule is Cc1ccc(Nc2nc(-c3ccc(C(=O)N/N=C\c4ccc(OCc5cccc(F)c5)c(Cl)c4)cc3)cs2)cc1. The molecule has 0 atom stereocenters. The van der Waals surface area contributed by atoms with E-state index in [2.05, 4.69) is 20.8 Å². The predicted octanol–water partition coefficient (Wildman–Crippen LogP) is 8.00. The number of ether oxygens (including phenoxy) is 1. The number of hydrazone groups is 1. The van der Waals surface area contributed by atoms with Crippen molar-refractivity contribution in [3.63, 3.8) is 0 Å². The summed E-state index contributed by atoms with van der Waals surface area (Å²) in [4.78, 5) is 17.2. The lowest BCUT2D eigenvalue weighted by atomic mass is 10.1. The van der Waals surface area contributed by atoms with Gasteiger partial charge in [-0.1, -0.05) is 53.6 Å². The third kappa shape index (κ3) is 7.11. The van der Waals surface area contributed by atoms with Crippen molar-refractivity contribution in [3.05, 3.63) is 129 Å². The highest BCUT2D eigenvalue weighted by Crippen LogP contribution is 2.28. The summed E-state index contributed by atoms with van der Waals surface area (Å²) in [5.74, 6) is -0.203. The molecule has 5 rings (SSSR count). The Morgan fingerprint density at radius 1 is 1.05 bits per heavy atom. The molecular formula is C31H24ClFN4O2S. The summed E-state index contributed by atoms with van der Waals surface area (Å²) in [6, 6.07) is 26.6. The summed E-state index contributed by atoms with van der Waals surface area (Å²) in [7, 11) is 0. The van der Waals surface area contributed by atoms with Gasteiger partial charge in [0.05, 0.1) is 16.9 Å². The van der Waals surface area contributed by atoms with Crippen LogP contribution in [0.2, 0.25) is 5.02 Å². The van der Waals surface area contributed by atoms with E-state index in [0.29, 0.717) is 27.5 Å². The van der Waals surface area contributed by atoms with Crippen molar-refractivity contribution < 1.29 is 13.9 Å². The number of nitrogens with zero attached hydrogens (tertiary/aromatic N) is 2. The van der Waals surface area contributed by atoms with Gasteiger partial charge in [0.2, 0.25) is 0 Å². The molecule has 0 aliphatic rings. The molecule has 2 N–H and O–H groups in total. The summed E-state index contributed by atoms with van der Waals surface area (Å²) < 4.78 is 19.0. The Morgan fingerprint density at radius 2 is 1.85 bits per heavy atom. The highest BCUT2D eigenvalue weighted by Gasteiger charge is 2.09. The largest absolute Gasteiger partial charge is 0.487 e. The van der Waals surface area contributed by atoms with E-state index in [4.69, 9.17) is 16.3 Å². The first-order valence-corrected chi connectivity index (χ1v) is 13.6. The number of carbonyl (C=O) groups excluding carboxylic acids is 1. The lowest BCUT2D eigenvalue weighted by Crippen LogP contribution is -2.17. The molecule has 0 aliphatic heterocycles. The minimum absolute atomic E-state index is 0.188. The number of aryl methyl sites for hydroxylation is 1. The van der Waals surface area contributed by atoms with Crippen LogP contribution in [-0.2, 0) is 6.61 Å². The van der Waals surface area contributed by atoms with E-state index in [-0.39, 0.29) is 18.3 Å². The molecule has 9 heteroatoms. The summed E-state index contributed by atoms with van der Waals surface area (Å²) >= 11 is 7.84. The molecule has 0 saturated heterocycles. The molecule has 40 heavy (non-hydrogen) atoms. The Morgan fingerprint density at radius 3 is 2.60 bits per heavy atom.